The van der Waals surface area contributed by atoms with Crippen LogP contribution in [0.15, 0.2) is 12.3 Å². The van der Waals surface area contributed by atoms with E-state index in [9.17, 15) is 0 Å². The summed E-state index contributed by atoms with van der Waals surface area (Å²) in [5.41, 5.74) is 0.364. The van der Waals surface area contributed by atoms with Crippen LogP contribution in [0.1, 0.15) is 53.4 Å². The Hall–Kier alpha value is -0.460. The maximum Gasteiger partial charge on any atom is 0.0927 e. The van der Waals surface area contributed by atoms with Gasteiger partial charge >= 0.3 is 0 Å². The Morgan fingerprint density at radius 2 is 2.13 bits per heavy atom. The van der Waals surface area contributed by atoms with E-state index in [4.69, 9.17) is 4.74 Å². The molecule has 1 fully saturated rings. The molecule has 1 rings (SSSR count). The summed E-state index contributed by atoms with van der Waals surface area (Å²) < 4.78 is 5.74. The van der Waals surface area contributed by atoms with E-state index in [2.05, 4.69) is 34.3 Å². The Kier molecular flexibility index (Phi) is 4.24. The van der Waals surface area contributed by atoms with Crippen molar-refractivity contribution in [2.45, 2.75) is 53.4 Å². The zero-order valence-electron chi connectivity index (χ0n) is 10.8. The molecular formula is C14H26O. The van der Waals surface area contributed by atoms with E-state index in [1.54, 1.807) is 0 Å². The first-order chi connectivity index (χ1) is 6.99. The topological polar surface area (TPSA) is 9.23 Å². The van der Waals surface area contributed by atoms with Gasteiger partial charge in [-0.05, 0) is 30.6 Å². The van der Waals surface area contributed by atoms with Crippen LogP contribution in [-0.4, -0.2) is 6.61 Å². The van der Waals surface area contributed by atoms with Crippen LogP contribution in [0, 0.1) is 17.3 Å². The van der Waals surface area contributed by atoms with E-state index >= 15 is 0 Å². The molecule has 88 valence electrons. The molecule has 2 unspecified atom stereocenters. The quantitative estimate of drug-likeness (QED) is 0.625. The molecule has 0 radical (unpaired) electrons. The molecule has 0 aliphatic heterocycles. The molecule has 0 heterocycles. The smallest absolute Gasteiger partial charge is 0.0927 e. The first kappa shape index (κ1) is 12.6. The number of ether oxygens (including phenoxy) is 1. The van der Waals surface area contributed by atoms with Crippen molar-refractivity contribution in [2.24, 2.45) is 17.3 Å². The predicted molar refractivity (Wildman–Crippen MR) is 65.7 cm³/mol. The third kappa shape index (κ3) is 2.99. The van der Waals surface area contributed by atoms with Gasteiger partial charge in [0.15, 0.2) is 0 Å². The van der Waals surface area contributed by atoms with Crippen LogP contribution in [0.25, 0.3) is 0 Å². The van der Waals surface area contributed by atoms with E-state index in [1.165, 1.54) is 19.3 Å². The minimum Gasteiger partial charge on any atom is -0.498 e. The fourth-order valence-electron chi connectivity index (χ4n) is 3.05. The lowest BCUT2D eigenvalue weighted by atomic mass is 9.63. The van der Waals surface area contributed by atoms with Crippen LogP contribution in [0.5, 0.6) is 0 Å². The number of hydrogen-bond donors (Lipinski definition) is 0. The molecule has 0 aromatic heterocycles. The van der Waals surface area contributed by atoms with Gasteiger partial charge in [-0.1, -0.05) is 40.7 Å². The highest BCUT2D eigenvalue weighted by molar-refractivity contribution is 5.03. The summed E-state index contributed by atoms with van der Waals surface area (Å²) in [6, 6.07) is 0. The maximum atomic E-state index is 5.74. The molecule has 2 atom stereocenters. The second kappa shape index (κ2) is 5.05. The zero-order chi connectivity index (χ0) is 11.5. The summed E-state index contributed by atoms with van der Waals surface area (Å²) >= 11 is 0. The number of allylic oxidation sites excluding steroid dienone is 1. The van der Waals surface area contributed by atoms with Crippen molar-refractivity contribution < 1.29 is 4.74 Å². The molecule has 15 heavy (non-hydrogen) atoms. The first-order valence-corrected chi connectivity index (χ1v) is 6.30. The molecule has 0 aromatic rings. The van der Waals surface area contributed by atoms with Crippen LogP contribution >= 0.6 is 0 Å². The van der Waals surface area contributed by atoms with Crippen molar-refractivity contribution in [3.05, 3.63) is 12.3 Å². The average Bonchev–Trinajstić information content (AvgIpc) is 2.13. The van der Waals surface area contributed by atoms with Crippen LogP contribution in [0.3, 0.4) is 0 Å². The lowest BCUT2D eigenvalue weighted by Gasteiger charge is -2.43. The van der Waals surface area contributed by atoms with Gasteiger partial charge in [0, 0.05) is 5.92 Å². The Morgan fingerprint density at radius 1 is 1.47 bits per heavy atom. The van der Waals surface area contributed by atoms with E-state index < -0.39 is 0 Å². The van der Waals surface area contributed by atoms with E-state index in [0.717, 1.165) is 24.7 Å². The van der Waals surface area contributed by atoms with Crippen molar-refractivity contribution >= 4 is 0 Å². The molecular weight excluding hydrogens is 184 g/mol. The van der Waals surface area contributed by atoms with Crippen LogP contribution in [-0.2, 0) is 4.74 Å². The first-order valence-electron chi connectivity index (χ1n) is 6.30. The van der Waals surface area contributed by atoms with Gasteiger partial charge in [0.05, 0.1) is 12.4 Å². The molecule has 0 aromatic carbocycles. The van der Waals surface area contributed by atoms with Crippen molar-refractivity contribution in [1.82, 2.24) is 0 Å². The molecule has 1 saturated carbocycles. The molecule has 0 saturated heterocycles. The minimum atomic E-state index is 0.364. The molecule has 0 amide bonds. The lowest BCUT2D eigenvalue weighted by Crippen LogP contribution is -2.35. The second-order valence-electron chi connectivity index (χ2n) is 5.65. The number of rotatable bonds is 4. The van der Waals surface area contributed by atoms with Gasteiger partial charge < -0.3 is 4.74 Å². The van der Waals surface area contributed by atoms with E-state index in [1.807, 2.05) is 0 Å². The van der Waals surface area contributed by atoms with Crippen LogP contribution in [0.2, 0.25) is 0 Å². The van der Waals surface area contributed by atoms with Crippen molar-refractivity contribution in [3.8, 4) is 0 Å². The largest absolute Gasteiger partial charge is 0.498 e. The Bertz CT molecular complexity index is 217. The Balaban J connectivity index is 2.66. The monoisotopic (exact) mass is 210 g/mol. The van der Waals surface area contributed by atoms with Crippen molar-refractivity contribution in [1.29, 1.82) is 0 Å². The second-order valence-corrected chi connectivity index (χ2v) is 5.65. The molecule has 0 bridgehead atoms. The van der Waals surface area contributed by atoms with Gasteiger partial charge in [-0.15, -0.1) is 0 Å². The summed E-state index contributed by atoms with van der Waals surface area (Å²) in [6.45, 7) is 14.1. The molecule has 1 nitrogen and oxygen atoms in total. The fraction of sp³-hybridized carbons (Fsp3) is 0.857. The van der Waals surface area contributed by atoms with Gasteiger partial charge in [0.2, 0.25) is 0 Å². The zero-order valence-corrected chi connectivity index (χ0v) is 10.8. The van der Waals surface area contributed by atoms with Crippen molar-refractivity contribution in [2.75, 3.05) is 6.61 Å². The van der Waals surface area contributed by atoms with Gasteiger partial charge in [0.1, 0.15) is 0 Å². The molecule has 1 aliphatic carbocycles. The summed E-state index contributed by atoms with van der Waals surface area (Å²) in [4.78, 5) is 0. The highest BCUT2D eigenvalue weighted by Gasteiger charge is 2.39. The highest BCUT2D eigenvalue weighted by Crippen LogP contribution is 2.47. The van der Waals surface area contributed by atoms with Gasteiger partial charge in [0.25, 0.3) is 0 Å². The fourth-order valence-corrected chi connectivity index (χ4v) is 3.05. The van der Waals surface area contributed by atoms with Crippen LogP contribution in [0.4, 0.5) is 0 Å². The maximum absolute atomic E-state index is 5.74. The molecule has 1 heteroatoms. The van der Waals surface area contributed by atoms with Crippen LogP contribution < -0.4 is 0 Å². The third-order valence-corrected chi connectivity index (χ3v) is 3.73. The summed E-state index contributed by atoms with van der Waals surface area (Å²) in [5.74, 6) is 2.28. The lowest BCUT2D eigenvalue weighted by molar-refractivity contribution is 0.0498. The van der Waals surface area contributed by atoms with E-state index in [-0.39, 0.29) is 0 Å². The Morgan fingerprint density at radius 3 is 2.67 bits per heavy atom. The highest BCUT2D eigenvalue weighted by atomic mass is 16.5. The van der Waals surface area contributed by atoms with Gasteiger partial charge in [-0.2, -0.15) is 0 Å². The predicted octanol–water partition coefficient (Wildman–Crippen LogP) is 4.39. The normalized spacial score (nSPS) is 29.9. The minimum absolute atomic E-state index is 0.364. The average molecular weight is 210 g/mol. The van der Waals surface area contributed by atoms with Gasteiger partial charge in [-0.3, -0.25) is 0 Å². The molecule has 0 N–H and O–H groups in total. The van der Waals surface area contributed by atoms with Gasteiger partial charge in [-0.25, -0.2) is 0 Å². The molecule has 1 aliphatic rings. The number of hydrogen-bond acceptors (Lipinski definition) is 1. The SMILES string of the molecule is C=C(OCCC)C1C(C)CCCC1(C)C. The third-order valence-electron chi connectivity index (χ3n) is 3.73. The summed E-state index contributed by atoms with van der Waals surface area (Å²) in [6.07, 6.45) is 5.05. The summed E-state index contributed by atoms with van der Waals surface area (Å²) in [5, 5.41) is 0. The Labute approximate surface area is 94.9 Å². The molecule has 0 spiro atoms. The summed E-state index contributed by atoms with van der Waals surface area (Å²) in [7, 11) is 0. The van der Waals surface area contributed by atoms with Crippen molar-refractivity contribution in [3.63, 3.8) is 0 Å². The van der Waals surface area contributed by atoms with E-state index in [0.29, 0.717) is 11.3 Å². The standard InChI is InChI=1S/C14H26O/c1-6-10-15-12(3)13-11(2)8-7-9-14(13,4)5/h11,13H,3,6-10H2,1-2,4-5H3.